The topological polar surface area (TPSA) is 29.3 Å². The highest BCUT2D eigenvalue weighted by Crippen LogP contribution is 2.18. The van der Waals surface area contributed by atoms with Crippen molar-refractivity contribution in [3.8, 4) is 0 Å². The van der Waals surface area contributed by atoms with Crippen molar-refractivity contribution in [3.05, 3.63) is 29.8 Å². The first-order valence-corrected chi connectivity index (χ1v) is 6.97. The second-order valence-corrected chi connectivity index (χ2v) is 6.02. The van der Waals surface area contributed by atoms with Gasteiger partial charge in [0.25, 0.3) is 0 Å². The number of rotatable bonds is 3. The average Bonchev–Trinajstić information content (AvgIpc) is 2.27. The third kappa shape index (κ3) is 3.42. The van der Waals surface area contributed by atoms with Gasteiger partial charge in [0.1, 0.15) is 0 Å². The third-order valence-corrected chi connectivity index (χ3v) is 4.13. The molecule has 0 spiro atoms. The molecular weight excluding hydrogens is 216 g/mol. The Morgan fingerprint density at radius 1 is 1.50 bits per heavy atom. The van der Waals surface area contributed by atoms with Crippen LogP contribution in [0.5, 0.6) is 0 Å². The van der Waals surface area contributed by atoms with Crippen molar-refractivity contribution < 1.29 is 0 Å². The third-order valence-electron chi connectivity index (χ3n) is 2.99. The Morgan fingerprint density at radius 3 is 3.12 bits per heavy atom. The van der Waals surface area contributed by atoms with Gasteiger partial charge in [-0.25, -0.2) is 0 Å². The summed E-state index contributed by atoms with van der Waals surface area (Å²) in [5, 5.41) is 0.787. The molecule has 0 aromatic heterocycles. The van der Waals surface area contributed by atoms with Crippen molar-refractivity contribution in [1.82, 2.24) is 4.90 Å². The molecule has 0 amide bonds. The maximum absolute atomic E-state index is 5.77. The summed E-state index contributed by atoms with van der Waals surface area (Å²) in [6.45, 7) is 5.94. The molecule has 16 heavy (non-hydrogen) atoms. The van der Waals surface area contributed by atoms with E-state index in [1.165, 1.54) is 24.4 Å². The van der Waals surface area contributed by atoms with E-state index in [4.69, 9.17) is 5.73 Å². The molecule has 1 aromatic rings. The lowest BCUT2D eigenvalue weighted by Gasteiger charge is -2.30. The molecule has 1 saturated heterocycles. The van der Waals surface area contributed by atoms with Crippen LogP contribution < -0.4 is 5.73 Å². The van der Waals surface area contributed by atoms with Gasteiger partial charge in [-0.05, 0) is 24.1 Å². The largest absolute Gasteiger partial charge is 0.399 e. The molecule has 0 bridgehead atoms. The second-order valence-electron chi connectivity index (χ2n) is 4.48. The predicted molar refractivity (Wildman–Crippen MR) is 72.9 cm³/mol. The highest BCUT2D eigenvalue weighted by Gasteiger charge is 2.15. The molecule has 2 nitrogen and oxygen atoms in total. The van der Waals surface area contributed by atoms with Gasteiger partial charge in [-0.15, -0.1) is 0 Å². The van der Waals surface area contributed by atoms with Gasteiger partial charge in [0.05, 0.1) is 0 Å². The van der Waals surface area contributed by atoms with Gasteiger partial charge in [0.15, 0.2) is 0 Å². The normalized spacial score (nSPS) is 22.2. The molecule has 1 fully saturated rings. The minimum atomic E-state index is 0.787. The van der Waals surface area contributed by atoms with E-state index >= 15 is 0 Å². The van der Waals surface area contributed by atoms with Crippen LogP contribution in [0.4, 0.5) is 5.69 Å². The smallest absolute Gasteiger partial charge is 0.0316 e. The highest BCUT2D eigenvalue weighted by atomic mass is 32.2. The Bertz CT molecular complexity index is 340. The lowest BCUT2D eigenvalue weighted by molar-refractivity contribution is 0.290. The maximum Gasteiger partial charge on any atom is 0.0316 e. The molecule has 1 aromatic carbocycles. The number of hydrogen-bond acceptors (Lipinski definition) is 3. The van der Waals surface area contributed by atoms with Crippen molar-refractivity contribution >= 4 is 17.4 Å². The summed E-state index contributed by atoms with van der Waals surface area (Å²) in [4.78, 5) is 2.56. The SMILES string of the molecule is CC1CN(CCc2cccc(N)c2)CCS1. The lowest BCUT2D eigenvalue weighted by Crippen LogP contribution is -2.37. The molecule has 1 atom stereocenters. The van der Waals surface area contributed by atoms with Gasteiger partial charge < -0.3 is 10.6 Å². The van der Waals surface area contributed by atoms with Gasteiger partial charge in [-0.2, -0.15) is 11.8 Å². The van der Waals surface area contributed by atoms with Crippen molar-refractivity contribution in [2.75, 3.05) is 31.1 Å². The number of nitrogens with zero attached hydrogens (tertiary/aromatic N) is 1. The Kier molecular flexibility index (Phi) is 4.13. The summed E-state index contributed by atoms with van der Waals surface area (Å²) in [5.41, 5.74) is 8.00. The molecule has 0 radical (unpaired) electrons. The van der Waals surface area contributed by atoms with Crippen molar-refractivity contribution in [2.24, 2.45) is 0 Å². The van der Waals surface area contributed by atoms with Crippen LogP contribution in [0.1, 0.15) is 12.5 Å². The molecule has 2 N–H and O–H groups in total. The first-order chi connectivity index (χ1) is 7.74. The maximum atomic E-state index is 5.77. The fraction of sp³-hybridized carbons (Fsp3) is 0.538. The summed E-state index contributed by atoms with van der Waals surface area (Å²) >= 11 is 2.08. The van der Waals surface area contributed by atoms with E-state index in [9.17, 15) is 0 Å². The Hall–Kier alpha value is -0.670. The summed E-state index contributed by atoms with van der Waals surface area (Å²) in [5.74, 6) is 1.28. The minimum Gasteiger partial charge on any atom is -0.399 e. The zero-order chi connectivity index (χ0) is 11.4. The Morgan fingerprint density at radius 2 is 2.38 bits per heavy atom. The van der Waals surface area contributed by atoms with Gasteiger partial charge in [0.2, 0.25) is 0 Å². The van der Waals surface area contributed by atoms with Crippen LogP contribution in [0, 0.1) is 0 Å². The van der Waals surface area contributed by atoms with Gasteiger partial charge in [-0.1, -0.05) is 19.1 Å². The van der Waals surface area contributed by atoms with Crippen molar-refractivity contribution in [1.29, 1.82) is 0 Å². The number of benzene rings is 1. The summed E-state index contributed by atoms with van der Waals surface area (Å²) in [7, 11) is 0. The zero-order valence-corrected chi connectivity index (χ0v) is 10.7. The summed E-state index contributed by atoms with van der Waals surface area (Å²) in [6.07, 6.45) is 1.11. The molecule has 88 valence electrons. The number of thioether (sulfide) groups is 1. The molecular formula is C13H20N2S. The molecule has 0 saturated carbocycles. The fourth-order valence-corrected chi connectivity index (χ4v) is 3.21. The van der Waals surface area contributed by atoms with E-state index in [0.29, 0.717) is 0 Å². The molecule has 1 aliphatic heterocycles. The molecule has 0 aliphatic carbocycles. The van der Waals surface area contributed by atoms with E-state index in [-0.39, 0.29) is 0 Å². The number of hydrogen-bond donors (Lipinski definition) is 1. The monoisotopic (exact) mass is 236 g/mol. The molecule has 1 heterocycles. The van der Waals surface area contributed by atoms with Crippen molar-refractivity contribution in [2.45, 2.75) is 18.6 Å². The highest BCUT2D eigenvalue weighted by molar-refractivity contribution is 7.99. The quantitative estimate of drug-likeness (QED) is 0.816. The van der Waals surface area contributed by atoms with Crippen LogP contribution in [-0.2, 0) is 6.42 Å². The Labute approximate surface area is 102 Å². The number of anilines is 1. The minimum absolute atomic E-state index is 0.787. The van der Waals surface area contributed by atoms with Crippen LogP contribution in [0.2, 0.25) is 0 Å². The average molecular weight is 236 g/mol. The van der Waals surface area contributed by atoms with E-state index in [1.807, 2.05) is 12.1 Å². The van der Waals surface area contributed by atoms with Gasteiger partial charge in [0, 0.05) is 36.3 Å². The fourth-order valence-electron chi connectivity index (χ4n) is 2.13. The molecule has 2 rings (SSSR count). The van der Waals surface area contributed by atoms with Gasteiger partial charge in [-0.3, -0.25) is 0 Å². The lowest BCUT2D eigenvalue weighted by atomic mass is 10.1. The Balaban J connectivity index is 1.82. The van der Waals surface area contributed by atoms with Crippen LogP contribution >= 0.6 is 11.8 Å². The van der Waals surface area contributed by atoms with Crippen molar-refractivity contribution in [3.63, 3.8) is 0 Å². The van der Waals surface area contributed by atoms with Gasteiger partial charge >= 0.3 is 0 Å². The summed E-state index contributed by atoms with van der Waals surface area (Å²) < 4.78 is 0. The predicted octanol–water partition coefficient (Wildman–Crippen LogP) is 2.25. The number of nitrogen functional groups attached to an aromatic ring is 1. The standard InChI is InChI=1S/C13H20N2S/c1-11-10-15(7-8-16-11)6-5-12-3-2-4-13(14)9-12/h2-4,9,11H,5-8,10,14H2,1H3. The first kappa shape index (κ1) is 11.8. The van der Waals surface area contributed by atoms with Crippen LogP contribution in [0.3, 0.4) is 0 Å². The number of nitrogens with two attached hydrogens (primary N) is 1. The zero-order valence-electron chi connectivity index (χ0n) is 9.86. The van der Waals surface area contributed by atoms with Crippen LogP contribution in [0.15, 0.2) is 24.3 Å². The van der Waals surface area contributed by atoms with E-state index < -0.39 is 0 Å². The molecule has 3 heteroatoms. The van der Waals surface area contributed by atoms with E-state index in [2.05, 4.69) is 35.7 Å². The van der Waals surface area contributed by atoms with Crippen LogP contribution in [0.25, 0.3) is 0 Å². The first-order valence-electron chi connectivity index (χ1n) is 5.92. The van der Waals surface area contributed by atoms with E-state index in [0.717, 1.165) is 23.9 Å². The van der Waals surface area contributed by atoms with E-state index in [1.54, 1.807) is 0 Å². The second kappa shape index (κ2) is 5.60. The van der Waals surface area contributed by atoms with Crippen LogP contribution in [-0.4, -0.2) is 35.5 Å². The molecule has 1 aliphatic rings. The summed E-state index contributed by atoms with van der Waals surface area (Å²) in [6, 6.07) is 8.24. The molecule has 1 unspecified atom stereocenters.